The lowest BCUT2D eigenvalue weighted by atomic mass is 10.0. The van der Waals surface area contributed by atoms with Gasteiger partial charge in [0.25, 0.3) is 0 Å². The van der Waals surface area contributed by atoms with E-state index in [0.29, 0.717) is 31.3 Å². The number of aliphatic carboxylic acids is 1. The van der Waals surface area contributed by atoms with E-state index in [9.17, 15) is 14.7 Å². The highest BCUT2D eigenvalue weighted by molar-refractivity contribution is 7.18. The largest absolute Gasteiger partial charge is 0.481 e. The molecule has 9 heteroatoms. The summed E-state index contributed by atoms with van der Waals surface area (Å²) >= 11 is 19.3. The minimum Gasteiger partial charge on any atom is -0.481 e. The molecule has 0 bridgehead atoms. The summed E-state index contributed by atoms with van der Waals surface area (Å²) in [6.45, 7) is 0. The molecule has 1 amide bonds. The van der Waals surface area contributed by atoms with Gasteiger partial charge < -0.3 is 10.4 Å². The quantitative estimate of drug-likeness (QED) is 0.525. The molecule has 0 saturated heterocycles. The van der Waals surface area contributed by atoms with Crippen molar-refractivity contribution in [2.24, 2.45) is 5.92 Å². The van der Waals surface area contributed by atoms with Crippen molar-refractivity contribution >= 4 is 73.9 Å². The van der Waals surface area contributed by atoms with Crippen LogP contribution in [0.1, 0.15) is 11.4 Å². The number of rotatable bonds is 6. The Labute approximate surface area is 173 Å². The molecule has 0 aliphatic carbocycles. The summed E-state index contributed by atoms with van der Waals surface area (Å²) in [6.07, 6.45) is -0.0565. The average molecular weight is 444 g/mol. The highest BCUT2D eigenvalue weighted by atomic mass is 35.5. The first-order chi connectivity index (χ1) is 12.8. The second-order valence-corrected chi connectivity index (χ2v) is 8.15. The van der Waals surface area contributed by atoms with Crippen molar-refractivity contribution < 1.29 is 14.7 Å². The van der Waals surface area contributed by atoms with E-state index < -0.39 is 17.8 Å². The van der Waals surface area contributed by atoms with Gasteiger partial charge in [0.1, 0.15) is 5.52 Å². The molecule has 1 atom stereocenters. The number of nitrogens with one attached hydrogen (secondary N) is 1. The van der Waals surface area contributed by atoms with Crippen molar-refractivity contribution in [3.63, 3.8) is 0 Å². The molecule has 0 spiro atoms. The first kappa shape index (κ1) is 19.9. The zero-order valence-corrected chi connectivity index (χ0v) is 16.8. The van der Waals surface area contributed by atoms with E-state index in [4.69, 9.17) is 34.8 Å². The number of benzene rings is 2. The van der Waals surface area contributed by atoms with Gasteiger partial charge >= 0.3 is 5.97 Å². The third kappa shape index (κ3) is 4.90. The number of halogens is 3. The van der Waals surface area contributed by atoms with Crippen LogP contribution in [0.3, 0.4) is 0 Å². The SMILES string of the molecule is O=C(CC(Cc1nc2c(Cl)c(Cl)ccc2s1)C(=O)O)Nc1ccc(Cl)cc1. The second-order valence-electron chi connectivity index (χ2n) is 5.81. The Morgan fingerprint density at radius 2 is 1.81 bits per heavy atom. The van der Waals surface area contributed by atoms with Gasteiger partial charge in [0.2, 0.25) is 5.91 Å². The smallest absolute Gasteiger partial charge is 0.307 e. The lowest BCUT2D eigenvalue weighted by Gasteiger charge is -2.11. The normalized spacial score (nSPS) is 12.1. The van der Waals surface area contributed by atoms with E-state index in [2.05, 4.69) is 10.3 Å². The number of hydrogen-bond acceptors (Lipinski definition) is 4. The van der Waals surface area contributed by atoms with Crippen LogP contribution in [0.5, 0.6) is 0 Å². The van der Waals surface area contributed by atoms with Crippen molar-refractivity contribution in [2.75, 3.05) is 5.32 Å². The molecule has 3 aromatic rings. The summed E-state index contributed by atoms with van der Waals surface area (Å²) in [5.41, 5.74) is 1.09. The fraction of sp³-hybridized carbons (Fsp3) is 0.167. The number of carboxylic acid groups (broad SMARTS) is 1. The molecule has 0 aliphatic heterocycles. The highest BCUT2D eigenvalue weighted by Crippen LogP contribution is 2.34. The number of carbonyl (C=O) groups excluding carboxylic acids is 1. The number of aromatic nitrogens is 1. The van der Waals surface area contributed by atoms with Crippen LogP contribution in [0, 0.1) is 5.92 Å². The van der Waals surface area contributed by atoms with Crippen LogP contribution in [-0.4, -0.2) is 22.0 Å². The molecule has 2 N–H and O–H groups in total. The summed E-state index contributed by atoms with van der Waals surface area (Å²) in [4.78, 5) is 28.2. The van der Waals surface area contributed by atoms with Crippen molar-refractivity contribution in [3.8, 4) is 0 Å². The summed E-state index contributed by atoms with van der Waals surface area (Å²) < 4.78 is 0.814. The molecule has 5 nitrogen and oxygen atoms in total. The number of hydrogen-bond donors (Lipinski definition) is 2. The Morgan fingerprint density at radius 3 is 2.48 bits per heavy atom. The van der Waals surface area contributed by atoms with E-state index in [-0.39, 0.29) is 12.8 Å². The van der Waals surface area contributed by atoms with Gasteiger partial charge in [-0.1, -0.05) is 34.8 Å². The number of carboxylic acids is 1. The minimum atomic E-state index is -1.07. The Hall–Kier alpha value is -1.86. The van der Waals surface area contributed by atoms with Gasteiger partial charge in [0.15, 0.2) is 0 Å². The van der Waals surface area contributed by atoms with Crippen LogP contribution < -0.4 is 5.32 Å². The topological polar surface area (TPSA) is 79.3 Å². The molecule has 1 heterocycles. The van der Waals surface area contributed by atoms with Gasteiger partial charge in [-0.3, -0.25) is 9.59 Å². The number of nitrogens with zero attached hydrogens (tertiary/aromatic N) is 1. The Morgan fingerprint density at radius 1 is 1.11 bits per heavy atom. The number of thiazole rings is 1. The van der Waals surface area contributed by atoms with E-state index >= 15 is 0 Å². The molecule has 0 aliphatic rings. The standard InChI is InChI=1S/C18H13Cl3N2O3S/c19-10-1-3-11(4-2-10)22-14(24)7-9(18(25)26)8-15-23-17-13(27-15)6-5-12(20)16(17)21/h1-6,9H,7-8H2,(H,22,24)(H,25,26). The summed E-state index contributed by atoms with van der Waals surface area (Å²) in [5.74, 6) is -2.37. The number of anilines is 1. The lowest BCUT2D eigenvalue weighted by molar-refractivity contribution is -0.143. The number of amides is 1. The van der Waals surface area contributed by atoms with Gasteiger partial charge in [0, 0.05) is 23.6 Å². The van der Waals surface area contributed by atoms with Gasteiger partial charge in [0.05, 0.1) is 25.7 Å². The zero-order valence-electron chi connectivity index (χ0n) is 13.7. The minimum absolute atomic E-state index is 0.122. The van der Waals surface area contributed by atoms with E-state index in [1.165, 1.54) is 11.3 Å². The highest BCUT2D eigenvalue weighted by Gasteiger charge is 2.24. The van der Waals surface area contributed by atoms with Gasteiger partial charge in [-0.15, -0.1) is 11.3 Å². The molecule has 1 aromatic heterocycles. The maximum Gasteiger partial charge on any atom is 0.307 e. The molecule has 0 saturated carbocycles. The van der Waals surface area contributed by atoms with E-state index in [0.717, 1.165) is 4.70 Å². The fourth-order valence-electron chi connectivity index (χ4n) is 2.50. The van der Waals surface area contributed by atoms with Crippen LogP contribution in [0.15, 0.2) is 36.4 Å². The predicted octanol–water partition coefficient (Wildman–Crippen LogP) is 5.53. The first-order valence-corrected chi connectivity index (χ1v) is 9.80. The maximum atomic E-state index is 12.2. The Kier molecular flexibility index (Phi) is 6.22. The Balaban J connectivity index is 1.72. The van der Waals surface area contributed by atoms with Crippen molar-refractivity contribution in [1.82, 2.24) is 4.98 Å². The molecule has 3 rings (SSSR count). The fourth-order valence-corrected chi connectivity index (χ4v) is 4.09. The lowest BCUT2D eigenvalue weighted by Crippen LogP contribution is -2.24. The van der Waals surface area contributed by atoms with Crippen molar-refractivity contribution in [3.05, 3.63) is 56.5 Å². The molecule has 27 heavy (non-hydrogen) atoms. The Bertz CT molecular complexity index is 1010. The molecule has 2 aromatic carbocycles. The number of carbonyl (C=O) groups is 2. The van der Waals surface area contributed by atoms with Crippen molar-refractivity contribution in [2.45, 2.75) is 12.8 Å². The first-order valence-electron chi connectivity index (χ1n) is 7.85. The maximum absolute atomic E-state index is 12.2. The van der Waals surface area contributed by atoms with Crippen LogP contribution >= 0.6 is 46.1 Å². The van der Waals surface area contributed by atoms with Crippen LogP contribution in [0.2, 0.25) is 15.1 Å². The summed E-state index contributed by atoms with van der Waals surface area (Å²) in [6, 6.07) is 10.0. The van der Waals surface area contributed by atoms with Gasteiger partial charge in [-0.2, -0.15) is 0 Å². The second kappa shape index (κ2) is 8.44. The predicted molar refractivity (Wildman–Crippen MR) is 109 cm³/mol. The van der Waals surface area contributed by atoms with Gasteiger partial charge in [-0.25, -0.2) is 4.98 Å². The molecule has 0 fully saturated rings. The average Bonchev–Trinajstić information content (AvgIpc) is 3.03. The summed E-state index contributed by atoms with van der Waals surface area (Å²) in [5, 5.41) is 14.0. The van der Waals surface area contributed by atoms with Crippen LogP contribution in [-0.2, 0) is 16.0 Å². The monoisotopic (exact) mass is 442 g/mol. The molecular weight excluding hydrogens is 431 g/mol. The molecule has 1 unspecified atom stereocenters. The van der Waals surface area contributed by atoms with E-state index in [1.807, 2.05) is 0 Å². The zero-order chi connectivity index (χ0) is 19.6. The third-order valence-corrected chi connectivity index (χ3v) is 5.92. The van der Waals surface area contributed by atoms with Crippen molar-refractivity contribution in [1.29, 1.82) is 0 Å². The van der Waals surface area contributed by atoms with E-state index in [1.54, 1.807) is 36.4 Å². The molecule has 140 valence electrons. The van der Waals surface area contributed by atoms with Crippen LogP contribution in [0.4, 0.5) is 5.69 Å². The molecule has 0 radical (unpaired) electrons. The third-order valence-electron chi connectivity index (χ3n) is 3.83. The van der Waals surface area contributed by atoms with Crippen LogP contribution in [0.25, 0.3) is 10.2 Å². The van der Waals surface area contributed by atoms with Gasteiger partial charge in [-0.05, 0) is 36.4 Å². The number of fused-ring (bicyclic) bond motifs is 1. The summed E-state index contributed by atoms with van der Waals surface area (Å²) in [7, 11) is 0. The molecular formula is C18H13Cl3N2O3S.